The molecule has 4 rings (SSSR count). The fourth-order valence-electron chi connectivity index (χ4n) is 3.95. The Hall–Kier alpha value is -4.65. The average Bonchev–Trinajstić information content (AvgIpc) is 2.92. The molecule has 37 heavy (non-hydrogen) atoms. The molecule has 0 saturated heterocycles. The summed E-state index contributed by atoms with van der Waals surface area (Å²) in [6.45, 7) is 2.11. The van der Waals surface area contributed by atoms with Crippen molar-refractivity contribution in [3.8, 4) is 5.75 Å². The number of esters is 1. The van der Waals surface area contributed by atoms with E-state index < -0.39 is 5.91 Å². The van der Waals surface area contributed by atoms with Crippen LogP contribution in [-0.4, -0.2) is 31.5 Å². The number of methoxy groups -OCH3 is 1. The lowest BCUT2D eigenvalue weighted by atomic mass is 10.1. The fourth-order valence-corrected chi connectivity index (χ4v) is 3.95. The first kappa shape index (κ1) is 25.4. The van der Waals surface area contributed by atoms with Crippen LogP contribution in [0.25, 0.3) is 10.8 Å². The summed E-state index contributed by atoms with van der Waals surface area (Å²) in [5.74, 6) is -0.515. The number of aryl methyl sites for hydroxylation is 1. The zero-order valence-electron chi connectivity index (χ0n) is 20.7. The normalized spacial score (nSPS) is 10.5. The van der Waals surface area contributed by atoms with Crippen LogP contribution in [-0.2, 0) is 16.0 Å². The summed E-state index contributed by atoms with van der Waals surface area (Å²) in [5.41, 5.74) is 2.55. The molecule has 0 saturated carbocycles. The van der Waals surface area contributed by atoms with E-state index in [2.05, 4.69) is 10.6 Å². The molecule has 188 valence electrons. The first-order valence-corrected chi connectivity index (χ1v) is 12.0. The van der Waals surface area contributed by atoms with Crippen LogP contribution in [0.3, 0.4) is 0 Å². The summed E-state index contributed by atoms with van der Waals surface area (Å²) in [5, 5.41) is 7.72. The van der Waals surface area contributed by atoms with Crippen LogP contribution in [0.1, 0.15) is 39.6 Å². The molecule has 7 heteroatoms. The van der Waals surface area contributed by atoms with E-state index in [0.717, 1.165) is 16.3 Å². The predicted molar refractivity (Wildman–Crippen MR) is 144 cm³/mol. The molecule has 4 aromatic rings. The predicted octanol–water partition coefficient (Wildman–Crippen LogP) is 5.85. The number of hydrogen-bond acceptors (Lipinski definition) is 5. The standard InChI is InChI=1S/C30H28N2O5/c1-3-37-28(33)16-11-20-7-6-10-24(17-20)31-30(35)26-19-25(36-2)14-15-27(26)32-29(34)23-13-12-21-8-4-5-9-22(21)18-23/h4-10,12-15,17-19H,3,11,16H2,1-2H3,(H,31,35)(H,32,34). The maximum atomic E-state index is 13.3. The maximum Gasteiger partial charge on any atom is 0.306 e. The number of ether oxygens (including phenoxy) is 2. The van der Waals surface area contributed by atoms with Crippen molar-refractivity contribution in [3.05, 3.63) is 102 Å². The summed E-state index contributed by atoms with van der Waals surface area (Å²) in [6, 6.07) is 25.4. The third-order valence-electron chi connectivity index (χ3n) is 5.84. The highest BCUT2D eigenvalue weighted by Crippen LogP contribution is 2.25. The highest BCUT2D eigenvalue weighted by Gasteiger charge is 2.17. The Balaban J connectivity index is 1.52. The lowest BCUT2D eigenvalue weighted by Crippen LogP contribution is -2.18. The minimum atomic E-state index is -0.407. The van der Waals surface area contributed by atoms with E-state index in [1.165, 1.54) is 7.11 Å². The molecular weight excluding hydrogens is 468 g/mol. The number of carbonyl (C=O) groups is 3. The second-order valence-corrected chi connectivity index (χ2v) is 8.39. The maximum absolute atomic E-state index is 13.3. The topological polar surface area (TPSA) is 93.7 Å². The molecule has 0 aliphatic heterocycles. The molecule has 0 radical (unpaired) electrons. The van der Waals surface area contributed by atoms with Crippen LogP contribution in [0.2, 0.25) is 0 Å². The summed E-state index contributed by atoms with van der Waals surface area (Å²) in [7, 11) is 1.51. The van der Waals surface area contributed by atoms with Crippen molar-refractivity contribution in [3.63, 3.8) is 0 Å². The molecule has 0 heterocycles. The van der Waals surface area contributed by atoms with Gasteiger partial charge in [-0.05, 0) is 72.1 Å². The summed E-state index contributed by atoms with van der Waals surface area (Å²) in [4.78, 5) is 38.0. The van der Waals surface area contributed by atoms with Crippen LogP contribution in [0.4, 0.5) is 11.4 Å². The SMILES string of the molecule is CCOC(=O)CCc1cccc(NC(=O)c2cc(OC)ccc2NC(=O)c2ccc3ccccc3c2)c1. The Morgan fingerprint density at radius 2 is 1.59 bits per heavy atom. The van der Waals surface area contributed by atoms with Crippen molar-refractivity contribution >= 4 is 39.9 Å². The second-order valence-electron chi connectivity index (χ2n) is 8.39. The smallest absolute Gasteiger partial charge is 0.306 e. The number of amides is 2. The summed E-state index contributed by atoms with van der Waals surface area (Å²) < 4.78 is 10.3. The third kappa shape index (κ3) is 6.52. The molecule has 0 spiro atoms. The Morgan fingerprint density at radius 3 is 2.38 bits per heavy atom. The molecule has 0 aliphatic rings. The third-order valence-corrected chi connectivity index (χ3v) is 5.84. The molecule has 2 amide bonds. The van der Waals surface area contributed by atoms with Crippen LogP contribution in [0.15, 0.2) is 84.9 Å². The van der Waals surface area contributed by atoms with Gasteiger partial charge in [-0.2, -0.15) is 0 Å². The van der Waals surface area contributed by atoms with Gasteiger partial charge in [-0.25, -0.2) is 0 Å². The molecular formula is C30H28N2O5. The van der Waals surface area contributed by atoms with Crippen molar-refractivity contribution < 1.29 is 23.9 Å². The molecule has 2 N–H and O–H groups in total. The van der Waals surface area contributed by atoms with Crippen molar-refractivity contribution in [2.24, 2.45) is 0 Å². The van der Waals surface area contributed by atoms with E-state index in [1.807, 2.05) is 54.6 Å². The van der Waals surface area contributed by atoms with Gasteiger partial charge < -0.3 is 20.1 Å². The summed E-state index contributed by atoms with van der Waals surface area (Å²) in [6.07, 6.45) is 0.751. The lowest BCUT2D eigenvalue weighted by molar-refractivity contribution is -0.143. The number of nitrogens with one attached hydrogen (secondary N) is 2. The summed E-state index contributed by atoms with van der Waals surface area (Å²) >= 11 is 0. The molecule has 0 bridgehead atoms. The van der Waals surface area contributed by atoms with Crippen molar-refractivity contribution in [1.82, 2.24) is 0 Å². The molecule has 0 unspecified atom stereocenters. The van der Waals surface area contributed by atoms with E-state index in [1.54, 1.807) is 37.3 Å². The molecule has 7 nitrogen and oxygen atoms in total. The number of anilines is 2. The van der Waals surface area contributed by atoms with Gasteiger partial charge in [0.1, 0.15) is 5.75 Å². The van der Waals surface area contributed by atoms with E-state index in [-0.39, 0.29) is 23.9 Å². The van der Waals surface area contributed by atoms with Gasteiger partial charge in [-0.1, -0.05) is 42.5 Å². The zero-order valence-corrected chi connectivity index (χ0v) is 20.7. The Bertz CT molecular complexity index is 1450. The van der Waals surface area contributed by atoms with Gasteiger partial charge >= 0.3 is 5.97 Å². The van der Waals surface area contributed by atoms with Crippen molar-refractivity contribution in [2.75, 3.05) is 24.4 Å². The van der Waals surface area contributed by atoms with E-state index in [4.69, 9.17) is 9.47 Å². The number of carbonyl (C=O) groups excluding carboxylic acids is 3. The first-order valence-electron chi connectivity index (χ1n) is 12.0. The highest BCUT2D eigenvalue weighted by molar-refractivity contribution is 6.13. The van der Waals surface area contributed by atoms with Crippen LogP contribution < -0.4 is 15.4 Å². The monoisotopic (exact) mass is 496 g/mol. The van der Waals surface area contributed by atoms with Crippen molar-refractivity contribution in [1.29, 1.82) is 0 Å². The molecule has 0 atom stereocenters. The first-order chi connectivity index (χ1) is 18.0. The molecule has 0 aromatic heterocycles. The van der Waals surface area contributed by atoms with Gasteiger partial charge in [-0.3, -0.25) is 14.4 Å². The van der Waals surface area contributed by atoms with E-state index in [9.17, 15) is 14.4 Å². The van der Waals surface area contributed by atoms with Crippen LogP contribution >= 0.6 is 0 Å². The van der Waals surface area contributed by atoms with Gasteiger partial charge in [0.2, 0.25) is 0 Å². The molecule has 0 aliphatic carbocycles. The molecule has 4 aromatic carbocycles. The quantitative estimate of drug-likeness (QED) is 0.284. The van der Waals surface area contributed by atoms with Gasteiger partial charge in [-0.15, -0.1) is 0 Å². The molecule has 0 fully saturated rings. The largest absolute Gasteiger partial charge is 0.497 e. The van der Waals surface area contributed by atoms with E-state index >= 15 is 0 Å². The van der Waals surface area contributed by atoms with Gasteiger partial charge in [0.25, 0.3) is 11.8 Å². The number of fused-ring (bicyclic) bond motifs is 1. The number of benzene rings is 4. The van der Waals surface area contributed by atoms with Crippen molar-refractivity contribution in [2.45, 2.75) is 19.8 Å². The average molecular weight is 497 g/mol. The highest BCUT2D eigenvalue weighted by atomic mass is 16.5. The minimum absolute atomic E-state index is 0.255. The lowest BCUT2D eigenvalue weighted by Gasteiger charge is -2.14. The minimum Gasteiger partial charge on any atom is -0.497 e. The van der Waals surface area contributed by atoms with Gasteiger partial charge in [0.15, 0.2) is 0 Å². The Kier molecular flexibility index (Phi) is 8.15. The fraction of sp³-hybridized carbons (Fsp3) is 0.167. The zero-order chi connectivity index (χ0) is 26.2. The number of rotatable bonds is 9. The number of hydrogen-bond donors (Lipinski definition) is 2. The van der Waals surface area contributed by atoms with E-state index in [0.29, 0.717) is 35.7 Å². The second kappa shape index (κ2) is 11.9. The van der Waals surface area contributed by atoms with Crippen LogP contribution in [0, 0.1) is 0 Å². The van der Waals surface area contributed by atoms with Crippen LogP contribution in [0.5, 0.6) is 5.75 Å². The van der Waals surface area contributed by atoms with Gasteiger partial charge in [0, 0.05) is 17.7 Å². The Labute approximate surface area is 215 Å². The van der Waals surface area contributed by atoms with Gasteiger partial charge in [0.05, 0.1) is 25.0 Å². The Morgan fingerprint density at radius 1 is 0.784 bits per heavy atom.